The monoisotopic (exact) mass is 485 g/mol. The van der Waals surface area contributed by atoms with E-state index in [0.717, 1.165) is 5.75 Å². The number of carbonyl (C=O) groups excluding carboxylic acids is 1. The van der Waals surface area contributed by atoms with Crippen LogP contribution in [0.3, 0.4) is 0 Å². The molecule has 7 heteroatoms. The number of hydrogen-bond donors (Lipinski definition) is 1. The van der Waals surface area contributed by atoms with Crippen molar-refractivity contribution in [1.82, 2.24) is 0 Å². The van der Waals surface area contributed by atoms with Gasteiger partial charge in [-0.25, -0.2) is 0 Å². The van der Waals surface area contributed by atoms with Crippen molar-refractivity contribution < 1.29 is 23.7 Å². The third-order valence-corrected chi connectivity index (χ3v) is 4.81. The molecule has 0 unspecified atom stereocenters. The van der Waals surface area contributed by atoms with E-state index in [4.69, 9.17) is 18.9 Å². The average molecular weight is 486 g/mol. The van der Waals surface area contributed by atoms with E-state index < -0.39 is 0 Å². The van der Waals surface area contributed by atoms with Gasteiger partial charge in [-0.05, 0) is 58.4 Å². The van der Waals surface area contributed by atoms with E-state index in [1.165, 1.54) is 0 Å². The Hall–Kier alpha value is -3.03. The number of anilines is 1. The van der Waals surface area contributed by atoms with Gasteiger partial charge in [-0.15, -0.1) is 0 Å². The van der Waals surface area contributed by atoms with Crippen molar-refractivity contribution in [2.45, 2.75) is 0 Å². The van der Waals surface area contributed by atoms with Gasteiger partial charge >= 0.3 is 0 Å². The van der Waals surface area contributed by atoms with Gasteiger partial charge in [0.05, 0.1) is 11.1 Å². The number of carbonyl (C=O) groups is 1. The van der Waals surface area contributed by atoms with Gasteiger partial charge < -0.3 is 24.3 Å². The standard InChI is InChI=1S/C24H24BrNO5/c1-28-12-13-31-23-11-10-18(16-22(23)25)24(27)26-19-6-5-9-21(17-19)30-15-14-29-20-7-3-2-4-8-20/h2-11,16-17H,12-15H2,1H3,(H,26,27). The van der Waals surface area contributed by atoms with Crippen LogP contribution in [0.5, 0.6) is 17.2 Å². The van der Waals surface area contributed by atoms with Crippen molar-refractivity contribution in [3.63, 3.8) is 0 Å². The highest BCUT2D eigenvalue weighted by atomic mass is 79.9. The minimum absolute atomic E-state index is 0.228. The Morgan fingerprint density at radius 1 is 0.806 bits per heavy atom. The van der Waals surface area contributed by atoms with Gasteiger partial charge in [0, 0.05) is 24.4 Å². The summed E-state index contributed by atoms with van der Waals surface area (Å²) in [6.45, 7) is 1.74. The van der Waals surface area contributed by atoms with Crippen LogP contribution in [0.15, 0.2) is 77.3 Å². The van der Waals surface area contributed by atoms with Crippen molar-refractivity contribution in [1.29, 1.82) is 0 Å². The van der Waals surface area contributed by atoms with Gasteiger partial charge in [-0.3, -0.25) is 4.79 Å². The van der Waals surface area contributed by atoms with Crippen LogP contribution in [0.1, 0.15) is 10.4 Å². The van der Waals surface area contributed by atoms with Gasteiger partial charge in [-0.1, -0.05) is 24.3 Å². The summed E-state index contributed by atoms with van der Waals surface area (Å²) in [5, 5.41) is 2.88. The molecule has 0 aliphatic heterocycles. The largest absolute Gasteiger partial charge is 0.490 e. The van der Waals surface area contributed by atoms with Crippen molar-refractivity contribution in [3.05, 3.63) is 82.8 Å². The highest BCUT2D eigenvalue weighted by molar-refractivity contribution is 9.10. The number of benzene rings is 3. The molecule has 31 heavy (non-hydrogen) atoms. The zero-order chi connectivity index (χ0) is 21.9. The fourth-order valence-corrected chi connectivity index (χ4v) is 3.19. The lowest BCUT2D eigenvalue weighted by molar-refractivity contribution is 0.102. The number of para-hydroxylation sites is 1. The first-order valence-electron chi connectivity index (χ1n) is 9.79. The van der Waals surface area contributed by atoms with Crippen molar-refractivity contribution in [3.8, 4) is 17.2 Å². The van der Waals surface area contributed by atoms with Crippen LogP contribution < -0.4 is 19.5 Å². The summed E-state index contributed by atoms with van der Waals surface area (Å²) < 4.78 is 22.6. The van der Waals surface area contributed by atoms with Gasteiger partial charge in [0.25, 0.3) is 5.91 Å². The molecule has 1 N–H and O–H groups in total. The third-order valence-electron chi connectivity index (χ3n) is 4.19. The van der Waals surface area contributed by atoms with E-state index in [1.807, 2.05) is 48.5 Å². The van der Waals surface area contributed by atoms with Crippen LogP contribution >= 0.6 is 15.9 Å². The van der Waals surface area contributed by atoms with Gasteiger partial charge in [0.2, 0.25) is 0 Å². The van der Waals surface area contributed by atoms with E-state index in [0.29, 0.717) is 53.7 Å². The molecule has 162 valence electrons. The molecule has 0 radical (unpaired) electrons. The molecular formula is C24H24BrNO5. The lowest BCUT2D eigenvalue weighted by atomic mass is 10.2. The molecule has 0 heterocycles. The molecule has 0 aliphatic rings. The Morgan fingerprint density at radius 3 is 2.26 bits per heavy atom. The molecule has 0 aromatic heterocycles. The Morgan fingerprint density at radius 2 is 1.52 bits per heavy atom. The highest BCUT2D eigenvalue weighted by Crippen LogP contribution is 2.27. The Bertz CT molecular complexity index is 981. The van der Waals surface area contributed by atoms with Crippen molar-refractivity contribution in [2.75, 3.05) is 38.9 Å². The van der Waals surface area contributed by atoms with E-state index >= 15 is 0 Å². The maximum absolute atomic E-state index is 12.6. The molecule has 1 amide bonds. The molecule has 0 saturated heterocycles. The zero-order valence-electron chi connectivity index (χ0n) is 17.2. The molecule has 0 fully saturated rings. The van der Waals surface area contributed by atoms with Crippen LogP contribution in [-0.4, -0.2) is 39.4 Å². The molecule has 3 aromatic rings. The minimum Gasteiger partial charge on any atom is -0.490 e. The van der Waals surface area contributed by atoms with E-state index in [1.54, 1.807) is 31.4 Å². The molecule has 0 saturated carbocycles. The summed E-state index contributed by atoms with van der Waals surface area (Å²) in [6, 6.07) is 22.0. The number of amides is 1. The number of halogens is 1. The second-order valence-electron chi connectivity index (χ2n) is 6.48. The molecule has 0 aliphatic carbocycles. The first kappa shape index (κ1) is 22.7. The summed E-state index contributed by atoms with van der Waals surface area (Å²) in [6.07, 6.45) is 0. The summed E-state index contributed by atoms with van der Waals surface area (Å²) in [5.41, 5.74) is 1.15. The molecule has 3 rings (SSSR count). The van der Waals surface area contributed by atoms with Crippen LogP contribution in [0.2, 0.25) is 0 Å². The molecule has 0 bridgehead atoms. The van der Waals surface area contributed by atoms with Crippen LogP contribution in [0, 0.1) is 0 Å². The number of methoxy groups -OCH3 is 1. The fourth-order valence-electron chi connectivity index (χ4n) is 2.70. The normalized spacial score (nSPS) is 10.4. The van der Waals surface area contributed by atoms with Crippen molar-refractivity contribution >= 4 is 27.5 Å². The predicted octanol–water partition coefficient (Wildman–Crippen LogP) is 5.18. The highest BCUT2D eigenvalue weighted by Gasteiger charge is 2.10. The third kappa shape index (κ3) is 7.31. The summed E-state index contributed by atoms with van der Waals surface area (Å²) in [7, 11) is 1.62. The maximum atomic E-state index is 12.6. The van der Waals surface area contributed by atoms with Crippen LogP contribution in [-0.2, 0) is 4.74 Å². The number of rotatable bonds is 11. The lowest BCUT2D eigenvalue weighted by Gasteiger charge is -2.11. The molecule has 3 aromatic carbocycles. The van der Waals surface area contributed by atoms with Crippen LogP contribution in [0.25, 0.3) is 0 Å². The Kier molecular flexibility index (Phi) is 8.75. The molecular weight excluding hydrogens is 462 g/mol. The van der Waals surface area contributed by atoms with E-state index in [-0.39, 0.29) is 5.91 Å². The molecule has 0 atom stereocenters. The average Bonchev–Trinajstić information content (AvgIpc) is 2.79. The summed E-state index contributed by atoms with van der Waals surface area (Å²) in [5.74, 6) is 1.88. The summed E-state index contributed by atoms with van der Waals surface area (Å²) >= 11 is 3.44. The van der Waals surface area contributed by atoms with Gasteiger partial charge in [-0.2, -0.15) is 0 Å². The Labute approximate surface area is 190 Å². The molecule has 0 spiro atoms. The maximum Gasteiger partial charge on any atom is 0.255 e. The quantitative estimate of drug-likeness (QED) is 0.378. The predicted molar refractivity (Wildman–Crippen MR) is 123 cm³/mol. The first-order chi connectivity index (χ1) is 15.2. The number of nitrogens with one attached hydrogen (secondary N) is 1. The van der Waals surface area contributed by atoms with E-state index in [2.05, 4.69) is 21.2 Å². The second kappa shape index (κ2) is 12.0. The number of hydrogen-bond acceptors (Lipinski definition) is 5. The van der Waals surface area contributed by atoms with Gasteiger partial charge in [0.15, 0.2) is 0 Å². The Balaban J connectivity index is 1.51. The molecule has 6 nitrogen and oxygen atoms in total. The topological polar surface area (TPSA) is 66.0 Å². The second-order valence-corrected chi connectivity index (χ2v) is 7.33. The van der Waals surface area contributed by atoms with Gasteiger partial charge in [0.1, 0.15) is 37.1 Å². The van der Waals surface area contributed by atoms with Crippen LogP contribution in [0.4, 0.5) is 5.69 Å². The first-order valence-corrected chi connectivity index (χ1v) is 10.6. The SMILES string of the molecule is COCCOc1ccc(C(=O)Nc2cccc(OCCOc3ccccc3)c2)cc1Br. The van der Waals surface area contributed by atoms with E-state index in [9.17, 15) is 4.79 Å². The lowest BCUT2D eigenvalue weighted by Crippen LogP contribution is -2.13. The zero-order valence-corrected chi connectivity index (χ0v) is 18.8. The number of ether oxygens (including phenoxy) is 4. The minimum atomic E-state index is -0.228. The van der Waals surface area contributed by atoms with Crippen molar-refractivity contribution in [2.24, 2.45) is 0 Å². The fraction of sp³-hybridized carbons (Fsp3) is 0.208. The smallest absolute Gasteiger partial charge is 0.255 e. The summed E-state index contributed by atoms with van der Waals surface area (Å²) in [4.78, 5) is 12.6.